The van der Waals surface area contributed by atoms with Crippen LogP contribution in [0.2, 0.25) is 0 Å². The van der Waals surface area contributed by atoms with Gasteiger partial charge in [-0.1, -0.05) is 34.1 Å². The van der Waals surface area contributed by atoms with Crippen LogP contribution in [0.5, 0.6) is 0 Å². The van der Waals surface area contributed by atoms with Gasteiger partial charge in [-0.05, 0) is 36.2 Å². The Hall–Kier alpha value is -2.14. The number of hydrogen-bond acceptors (Lipinski definition) is 2. The van der Waals surface area contributed by atoms with Crippen LogP contribution in [-0.2, 0) is 6.42 Å². The quantitative estimate of drug-likeness (QED) is 0.907. The van der Waals surface area contributed by atoms with Crippen molar-refractivity contribution in [3.63, 3.8) is 0 Å². The smallest absolute Gasteiger partial charge is 0.337 e. The number of hydrogen-bond donors (Lipinski definition) is 1. The molecule has 0 fully saturated rings. The Morgan fingerprint density at radius 3 is 2.71 bits per heavy atom. The summed E-state index contributed by atoms with van der Waals surface area (Å²) < 4.78 is 0.745. The fourth-order valence-electron chi connectivity index (χ4n) is 2.56. The van der Waals surface area contributed by atoms with E-state index in [2.05, 4.69) is 15.9 Å². The van der Waals surface area contributed by atoms with Gasteiger partial charge in [-0.15, -0.1) is 0 Å². The second-order valence-corrected chi connectivity index (χ2v) is 5.75. The van der Waals surface area contributed by atoms with E-state index in [1.165, 1.54) is 11.0 Å². The molecule has 0 aliphatic carbocycles. The van der Waals surface area contributed by atoms with E-state index in [1.54, 1.807) is 18.2 Å². The molecule has 1 heterocycles. The van der Waals surface area contributed by atoms with Crippen molar-refractivity contribution in [3.05, 3.63) is 63.6 Å². The zero-order valence-corrected chi connectivity index (χ0v) is 12.6. The zero-order valence-electron chi connectivity index (χ0n) is 11.0. The maximum absolute atomic E-state index is 12.6. The molecule has 0 unspecified atom stereocenters. The van der Waals surface area contributed by atoms with Crippen molar-refractivity contribution in [2.24, 2.45) is 0 Å². The van der Waals surface area contributed by atoms with Crippen LogP contribution in [0, 0.1) is 0 Å². The number of carboxylic acid groups (broad SMARTS) is 1. The third kappa shape index (κ3) is 2.45. The fourth-order valence-corrected chi connectivity index (χ4v) is 2.91. The summed E-state index contributed by atoms with van der Waals surface area (Å²) >= 11 is 3.33. The molecule has 5 heteroatoms. The largest absolute Gasteiger partial charge is 0.478 e. The minimum Gasteiger partial charge on any atom is -0.478 e. The summed E-state index contributed by atoms with van der Waals surface area (Å²) in [5.74, 6) is -1.19. The zero-order chi connectivity index (χ0) is 15.0. The Morgan fingerprint density at radius 1 is 1.19 bits per heavy atom. The third-order valence-corrected chi connectivity index (χ3v) is 4.07. The van der Waals surface area contributed by atoms with E-state index in [0.717, 1.165) is 10.0 Å². The molecule has 0 spiro atoms. The summed E-state index contributed by atoms with van der Waals surface area (Å²) in [5, 5.41) is 9.32. The van der Waals surface area contributed by atoms with E-state index in [1.807, 2.05) is 18.2 Å². The van der Waals surface area contributed by atoms with Crippen molar-refractivity contribution in [2.45, 2.75) is 6.42 Å². The summed E-state index contributed by atoms with van der Waals surface area (Å²) in [6, 6.07) is 12.3. The number of amides is 1. The number of halogens is 1. The van der Waals surface area contributed by atoms with E-state index < -0.39 is 5.97 Å². The van der Waals surface area contributed by atoms with Crippen LogP contribution in [-0.4, -0.2) is 23.5 Å². The van der Waals surface area contributed by atoms with Gasteiger partial charge in [0.15, 0.2) is 0 Å². The first-order chi connectivity index (χ1) is 10.1. The van der Waals surface area contributed by atoms with Crippen molar-refractivity contribution in [3.8, 4) is 0 Å². The highest BCUT2D eigenvalue weighted by molar-refractivity contribution is 9.10. The first-order valence-electron chi connectivity index (χ1n) is 6.50. The van der Waals surface area contributed by atoms with E-state index in [-0.39, 0.29) is 11.5 Å². The van der Waals surface area contributed by atoms with Gasteiger partial charge in [-0.2, -0.15) is 0 Å². The molecule has 0 atom stereocenters. The molecule has 0 saturated heterocycles. The molecule has 0 aromatic heterocycles. The van der Waals surface area contributed by atoms with Crippen LogP contribution in [0.1, 0.15) is 26.3 Å². The molecule has 21 heavy (non-hydrogen) atoms. The number of aromatic carboxylic acids is 1. The van der Waals surface area contributed by atoms with Gasteiger partial charge in [0.2, 0.25) is 0 Å². The Kier molecular flexibility index (Phi) is 3.51. The van der Waals surface area contributed by atoms with Gasteiger partial charge in [-0.3, -0.25) is 4.79 Å². The highest BCUT2D eigenvalue weighted by atomic mass is 79.9. The van der Waals surface area contributed by atoms with Crippen LogP contribution in [0.15, 0.2) is 46.9 Å². The Labute approximate surface area is 130 Å². The first-order valence-corrected chi connectivity index (χ1v) is 7.30. The first kappa shape index (κ1) is 13.8. The minimum atomic E-state index is -1.04. The minimum absolute atomic E-state index is 0.130. The summed E-state index contributed by atoms with van der Waals surface area (Å²) in [7, 11) is 0. The van der Waals surface area contributed by atoms with Crippen LogP contribution in [0.3, 0.4) is 0 Å². The molecule has 1 N–H and O–H groups in total. The number of benzene rings is 2. The van der Waals surface area contributed by atoms with Crippen molar-refractivity contribution in [1.29, 1.82) is 0 Å². The number of nitrogens with zero attached hydrogens (tertiary/aromatic N) is 1. The van der Waals surface area contributed by atoms with Gasteiger partial charge in [0.05, 0.1) is 11.3 Å². The molecule has 2 aromatic rings. The lowest BCUT2D eigenvalue weighted by Crippen LogP contribution is -2.38. The van der Waals surface area contributed by atoms with Gasteiger partial charge in [0.1, 0.15) is 0 Å². The molecule has 0 radical (unpaired) electrons. The molecule has 1 amide bonds. The molecule has 0 saturated carbocycles. The number of carboxylic acids is 1. The van der Waals surface area contributed by atoms with Gasteiger partial charge in [-0.25, -0.2) is 4.79 Å². The summed E-state index contributed by atoms with van der Waals surface area (Å²) in [4.78, 5) is 25.5. The number of rotatable bonds is 2. The highest BCUT2D eigenvalue weighted by Crippen LogP contribution is 2.30. The SMILES string of the molecule is O=C(O)c1ccc(Br)cc1N1CCc2ccccc2C1=O. The predicted molar refractivity (Wildman–Crippen MR) is 82.9 cm³/mol. The lowest BCUT2D eigenvalue weighted by atomic mass is 9.98. The molecule has 1 aliphatic rings. The maximum Gasteiger partial charge on any atom is 0.337 e. The third-order valence-electron chi connectivity index (χ3n) is 3.58. The molecular formula is C16H12BrNO3. The Balaban J connectivity index is 2.09. The lowest BCUT2D eigenvalue weighted by Gasteiger charge is -2.29. The van der Waals surface area contributed by atoms with Crippen molar-refractivity contribution >= 4 is 33.5 Å². The van der Waals surface area contributed by atoms with Crippen LogP contribution < -0.4 is 4.90 Å². The number of anilines is 1. The van der Waals surface area contributed by atoms with Crippen LogP contribution in [0.25, 0.3) is 0 Å². The summed E-state index contributed by atoms with van der Waals surface area (Å²) in [6.07, 6.45) is 0.716. The van der Waals surface area contributed by atoms with Crippen molar-refractivity contribution in [1.82, 2.24) is 0 Å². The van der Waals surface area contributed by atoms with Crippen LogP contribution >= 0.6 is 15.9 Å². The van der Waals surface area contributed by atoms with Gasteiger partial charge in [0.25, 0.3) is 5.91 Å². The normalized spacial score (nSPS) is 14.0. The van der Waals surface area contributed by atoms with Crippen LogP contribution in [0.4, 0.5) is 5.69 Å². The molecule has 0 bridgehead atoms. The number of carbonyl (C=O) groups is 2. The monoisotopic (exact) mass is 345 g/mol. The standard InChI is InChI=1S/C16H12BrNO3/c17-11-5-6-13(16(20)21)14(9-11)18-8-7-10-3-1-2-4-12(10)15(18)19/h1-6,9H,7-8H2,(H,20,21). The number of carbonyl (C=O) groups excluding carboxylic acids is 1. The van der Waals surface area contributed by atoms with E-state index >= 15 is 0 Å². The summed E-state index contributed by atoms with van der Waals surface area (Å²) in [5.41, 5.74) is 2.20. The van der Waals surface area contributed by atoms with E-state index in [4.69, 9.17) is 0 Å². The Bertz CT molecular complexity index is 742. The topological polar surface area (TPSA) is 57.6 Å². The molecule has 1 aliphatic heterocycles. The summed E-state index contributed by atoms with van der Waals surface area (Å²) in [6.45, 7) is 0.479. The fraction of sp³-hybridized carbons (Fsp3) is 0.125. The van der Waals surface area contributed by atoms with E-state index in [9.17, 15) is 14.7 Å². The maximum atomic E-state index is 12.6. The number of fused-ring (bicyclic) bond motifs is 1. The lowest BCUT2D eigenvalue weighted by molar-refractivity contribution is 0.0697. The predicted octanol–water partition coefficient (Wildman–Crippen LogP) is 3.35. The van der Waals surface area contributed by atoms with Crippen molar-refractivity contribution < 1.29 is 14.7 Å². The highest BCUT2D eigenvalue weighted by Gasteiger charge is 2.28. The molecule has 2 aromatic carbocycles. The van der Waals surface area contributed by atoms with Gasteiger partial charge < -0.3 is 10.0 Å². The van der Waals surface area contributed by atoms with E-state index in [0.29, 0.717) is 24.2 Å². The average molecular weight is 346 g/mol. The average Bonchev–Trinajstić information content (AvgIpc) is 2.47. The molecule has 4 nitrogen and oxygen atoms in total. The second kappa shape index (κ2) is 5.33. The van der Waals surface area contributed by atoms with Crippen molar-refractivity contribution in [2.75, 3.05) is 11.4 Å². The second-order valence-electron chi connectivity index (χ2n) is 4.83. The molecular weight excluding hydrogens is 334 g/mol. The van der Waals surface area contributed by atoms with Gasteiger partial charge >= 0.3 is 5.97 Å². The molecule has 106 valence electrons. The Morgan fingerprint density at radius 2 is 1.95 bits per heavy atom. The molecule has 3 rings (SSSR count). The van der Waals surface area contributed by atoms with Gasteiger partial charge in [0, 0.05) is 16.6 Å².